The molecule has 274 valence electrons. The van der Waals surface area contributed by atoms with Crippen molar-refractivity contribution in [3.63, 3.8) is 0 Å². The molecule has 0 spiro atoms. The van der Waals surface area contributed by atoms with Crippen LogP contribution in [0.3, 0.4) is 0 Å². The van der Waals surface area contributed by atoms with Gasteiger partial charge in [0, 0.05) is 6.54 Å². The molecule has 1 aliphatic heterocycles. The summed E-state index contributed by atoms with van der Waals surface area (Å²) in [5.41, 5.74) is 0. The van der Waals surface area contributed by atoms with Crippen molar-refractivity contribution in [3.8, 4) is 0 Å². The van der Waals surface area contributed by atoms with Crippen molar-refractivity contribution in [1.82, 2.24) is 4.90 Å². The second-order valence-corrected chi connectivity index (χ2v) is 14.5. The molecule has 0 N–H and O–H groups in total. The fourth-order valence-electron chi connectivity index (χ4n) is 6.46. The first-order valence-corrected chi connectivity index (χ1v) is 20.7. The number of hydrogen-bond donors (Lipinski definition) is 0. The van der Waals surface area contributed by atoms with Crippen molar-refractivity contribution in [2.75, 3.05) is 27.2 Å². The Hall–Kier alpha value is -1.16. The molecule has 0 radical (unpaired) electrons. The molecule has 3 heteroatoms. The molecule has 0 aromatic heterocycles. The topological polar surface area (TPSA) is 21.7 Å². The van der Waals surface area contributed by atoms with Crippen LogP contribution in [0.5, 0.6) is 0 Å². The lowest BCUT2D eigenvalue weighted by Crippen LogP contribution is -2.44. The molecular weight excluding hydrogens is 574 g/mol. The Bertz CT molecular complexity index is 754. The predicted octanol–water partition coefficient (Wildman–Crippen LogP) is 13.5. The largest absolute Gasteiger partial charge is 0.373 e. The number of nitrogens with zero attached hydrogens (tertiary/aromatic N) is 1. The molecule has 1 rings (SSSR count). The number of rotatable bonds is 33. The molecule has 1 saturated heterocycles. The lowest BCUT2D eigenvalue weighted by atomic mass is 9.97. The monoisotopic (exact) mass is 656 g/mol. The molecule has 3 nitrogen and oxygen atoms in total. The molecule has 0 aromatic carbocycles. The number of hydrogen-bond acceptors (Lipinski definition) is 3. The van der Waals surface area contributed by atoms with Crippen LogP contribution in [0.2, 0.25) is 0 Å². The fraction of sp³-hybridized carbons (Fsp3) is 0.818. The summed E-state index contributed by atoms with van der Waals surface area (Å²) in [5, 5.41) is 0. The summed E-state index contributed by atoms with van der Waals surface area (Å²) in [7, 11) is 4.30. The molecule has 0 aromatic rings. The zero-order valence-corrected chi connectivity index (χ0v) is 32.1. The van der Waals surface area contributed by atoms with Crippen molar-refractivity contribution in [2.45, 2.75) is 206 Å². The van der Waals surface area contributed by atoms with Crippen molar-refractivity contribution in [3.05, 3.63) is 48.6 Å². The summed E-state index contributed by atoms with van der Waals surface area (Å²) in [5.74, 6) is 0. The van der Waals surface area contributed by atoms with Crippen LogP contribution in [0.25, 0.3) is 0 Å². The molecular formula is C44H81NO2. The first kappa shape index (κ1) is 43.9. The van der Waals surface area contributed by atoms with Gasteiger partial charge in [-0.2, -0.15) is 0 Å². The molecule has 0 saturated carbocycles. The van der Waals surface area contributed by atoms with E-state index in [1.807, 2.05) is 0 Å². The highest BCUT2D eigenvalue weighted by Crippen LogP contribution is 2.26. The summed E-state index contributed by atoms with van der Waals surface area (Å²) in [6, 6.07) is 0. The molecule has 3 atom stereocenters. The van der Waals surface area contributed by atoms with Crippen LogP contribution in [0, 0.1) is 0 Å². The van der Waals surface area contributed by atoms with Gasteiger partial charge in [0.25, 0.3) is 0 Å². The summed E-state index contributed by atoms with van der Waals surface area (Å²) < 4.78 is 13.2. The minimum atomic E-state index is 0.263. The van der Waals surface area contributed by atoms with Crippen molar-refractivity contribution in [1.29, 1.82) is 0 Å². The molecule has 1 fully saturated rings. The second-order valence-electron chi connectivity index (χ2n) is 14.5. The standard InChI is InChI=1S/C44H81NO2/c1-5-7-9-11-13-15-17-19-21-23-25-27-29-31-33-35-37-43-44(47-42(41-46-43)39-40-45(3)4)38-36-34-32-30-28-26-24-22-20-18-16-14-12-10-8-6-2/h13-16,19-22,42-44H,5-12,17-18,23-41H2,1-4H3/b15-13-,16-14-,21-19-,22-20-. The predicted molar refractivity (Wildman–Crippen MR) is 210 cm³/mol. The molecule has 47 heavy (non-hydrogen) atoms. The molecule has 1 aliphatic rings. The van der Waals surface area contributed by atoms with E-state index in [0.29, 0.717) is 12.2 Å². The van der Waals surface area contributed by atoms with E-state index in [1.54, 1.807) is 0 Å². The third-order valence-electron chi connectivity index (χ3n) is 9.55. The Morgan fingerprint density at radius 3 is 1.32 bits per heavy atom. The highest BCUT2D eigenvalue weighted by molar-refractivity contribution is 4.93. The van der Waals surface area contributed by atoms with Crippen LogP contribution in [-0.2, 0) is 9.47 Å². The van der Waals surface area contributed by atoms with E-state index in [4.69, 9.17) is 9.47 Å². The highest BCUT2D eigenvalue weighted by Gasteiger charge is 2.31. The fourth-order valence-corrected chi connectivity index (χ4v) is 6.46. The van der Waals surface area contributed by atoms with Gasteiger partial charge in [0.15, 0.2) is 0 Å². The maximum absolute atomic E-state index is 6.68. The van der Waals surface area contributed by atoms with Gasteiger partial charge in [-0.3, -0.25) is 0 Å². The van der Waals surface area contributed by atoms with E-state index in [2.05, 4.69) is 81.5 Å². The van der Waals surface area contributed by atoms with E-state index in [1.165, 1.54) is 154 Å². The van der Waals surface area contributed by atoms with Gasteiger partial charge in [0.05, 0.1) is 24.9 Å². The van der Waals surface area contributed by atoms with Crippen molar-refractivity contribution < 1.29 is 9.47 Å². The summed E-state index contributed by atoms with van der Waals surface area (Å²) in [4.78, 5) is 2.26. The zero-order valence-electron chi connectivity index (χ0n) is 32.1. The van der Waals surface area contributed by atoms with Gasteiger partial charge in [-0.15, -0.1) is 0 Å². The van der Waals surface area contributed by atoms with Crippen molar-refractivity contribution >= 4 is 0 Å². The van der Waals surface area contributed by atoms with E-state index in [0.717, 1.165) is 32.4 Å². The van der Waals surface area contributed by atoms with Crippen LogP contribution < -0.4 is 0 Å². The van der Waals surface area contributed by atoms with E-state index >= 15 is 0 Å². The summed E-state index contributed by atoms with van der Waals surface area (Å²) in [6.07, 6.45) is 54.4. The Labute approximate surface area is 295 Å². The summed E-state index contributed by atoms with van der Waals surface area (Å²) in [6.45, 7) is 6.39. The van der Waals surface area contributed by atoms with Gasteiger partial charge < -0.3 is 14.4 Å². The lowest BCUT2D eigenvalue weighted by Gasteiger charge is -2.37. The van der Waals surface area contributed by atoms with Crippen LogP contribution in [0.1, 0.15) is 187 Å². The third-order valence-corrected chi connectivity index (χ3v) is 9.55. The van der Waals surface area contributed by atoms with E-state index < -0.39 is 0 Å². The van der Waals surface area contributed by atoms with Crippen LogP contribution in [0.15, 0.2) is 48.6 Å². The first-order chi connectivity index (χ1) is 23.2. The minimum absolute atomic E-state index is 0.263. The SMILES string of the molecule is CCCCC/C=C\C/C=C\CCCCCCCCC1OCC(CCN(C)C)OC1CCCCCCCC/C=C\C/C=C\CCCCC. The first-order valence-electron chi connectivity index (χ1n) is 20.7. The maximum atomic E-state index is 6.68. The summed E-state index contributed by atoms with van der Waals surface area (Å²) >= 11 is 0. The quantitative estimate of drug-likeness (QED) is 0.0519. The van der Waals surface area contributed by atoms with Crippen molar-refractivity contribution in [2.24, 2.45) is 0 Å². The van der Waals surface area contributed by atoms with Crippen LogP contribution >= 0.6 is 0 Å². The average Bonchev–Trinajstić information content (AvgIpc) is 3.07. The lowest BCUT2D eigenvalue weighted by molar-refractivity contribution is -0.186. The van der Waals surface area contributed by atoms with Gasteiger partial charge in [-0.1, -0.05) is 152 Å². The van der Waals surface area contributed by atoms with Gasteiger partial charge in [-0.05, 0) is 97.6 Å². The minimum Gasteiger partial charge on any atom is -0.373 e. The second kappa shape index (κ2) is 34.7. The van der Waals surface area contributed by atoms with Crippen LogP contribution in [0.4, 0.5) is 0 Å². The maximum Gasteiger partial charge on any atom is 0.0841 e. The Balaban J connectivity index is 2.15. The number of ether oxygens (including phenoxy) is 2. The molecule has 3 unspecified atom stereocenters. The smallest absolute Gasteiger partial charge is 0.0841 e. The number of allylic oxidation sites excluding steroid dienone is 8. The number of unbranched alkanes of at least 4 members (excludes halogenated alkanes) is 18. The molecule has 0 aliphatic carbocycles. The van der Waals surface area contributed by atoms with Gasteiger partial charge in [-0.25, -0.2) is 0 Å². The Morgan fingerprint density at radius 1 is 0.468 bits per heavy atom. The van der Waals surface area contributed by atoms with Crippen LogP contribution in [-0.4, -0.2) is 50.5 Å². The Morgan fingerprint density at radius 2 is 0.872 bits per heavy atom. The highest BCUT2D eigenvalue weighted by atomic mass is 16.6. The molecule has 1 heterocycles. The van der Waals surface area contributed by atoms with Gasteiger partial charge in [0.1, 0.15) is 0 Å². The normalized spacial score (nSPS) is 19.1. The molecule has 0 bridgehead atoms. The van der Waals surface area contributed by atoms with E-state index in [-0.39, 0.29) is 6.10 Å². The third kappa shape index (κ3) is 29.5. The molecule has 0 amide bonds. The zero-order chi connectivity index (χ0) is 33.9. The Kier molecular flexibility index (Phi) is 32.4. The van der Waals surface area contributed by atoms with Gasteiger partial charge >= 0.3 is 0 Å². The van der Waals surface area contributed by atoms with E-state index in [9.17, 15) is 0 Å². The average molecular weight is 656 g/mol. The van der Waals surface area contributed by atoms with Gasteiger partial charge in [0.2, 0.25) is 0 Å².